The second-order valence-corrected chi connectivity index (χ2v) is 17.5. The fourth-order valence-corrected chi connectivity index (χ4v) is 8.86. The predicted molar refractivity (Wildman–Crippen MR) is 229 cm³/mol. The number of ether oxygens (including phenoxy) is 1. The summed E-state index contributed by atoms with van der Waals surface area (Å²) in [6.45, 7) is 3.90. The number of amides is 2. The van der Waals surface area contributed by atoms with Crippen LogP contribution in [-0.4, -0.2) is 73.0 Å². The number of nitrogen functional groups attached to an aromatic ring is 1. The Morgan fingerprint density at radius 2 is 1.47 bits per heavy atom. The van der Waals surface area contributed by atoms with E-state index in [9.17, 15) is 19.7 Å². The molecule has 1 saturated heterocycles. The van der Waals surface area contributed by atoms with Crippen molar-refractivity contribution in [3.05, 3.63) is 167 Å². The summed E-state index contributed by atoms with van der Waals surface area (Å²) in [5, 5.41) is 24.8. The minimum Gasteiger partial charge on any atom is -0.481 e. The summed E-state index contributed by atoms with van der Waals surface area (Å²) >= 11 is 0. The lowest BCUT2D eigenvalue weighted by Crippen LogP contribution is -2.52. The number of amidine groups is 1. The van der Waals surface area contributed by atoms with Crippen molar-refractivity contribution in [1.82, 2.24) is 9.80 Å². The van der Waals surface area contributed by atoms with Gasteiger partial charge in [0, 0.05) is 36.3 Å². The molecule has 1 aliphatic heterocycles. The molecule has 2 fully saturated rings. The van der Waals surface area contributed by atoms with Crippen molar-refractivity contribution >= 4 is 25.1 Å². The molecule has 7 rings (SSSR count). The highest BCUT2D eigenvalue weighted by atomic mass is 31.2. The van der Waals surface area contributed by atoms with Gasteiger partial charge in [-0.2, -0.15) is 0 Å². The molecular weight excluding hydrogens is 766 g/mol. The zero-order valence-electron chi connectivity index (χ0n) is 33.2. The van der Waals surface area contributed by atoms with Crippen LogP contribution in [0.3, 0.4) is 0 Å². The number of aliphatic imine (C=N–C) groups is 1. The summed E-state index contributed by atoms with van der Waals surface area (Å²) in [6.07, 6.45) is -2.54. The van der Waals surface area contributed by atoms with Crippen LogP contribution in [0.15, 0.2) is 138 Å². The number of aliphatic hydroxyl groups is 2. The van der Waals surface area contributed by atoms with Crippen LogP contribution >= 0.6 is 7.60 Å². The van der Waals surface area contributed by atoms with Gasteiger partial charge >= 0.3 is 13.6 Å². The number of urea groups is 1. The Morgan fingerprint density at radius 3 is 2.15 bits per heavy atom. The topological polar surface area (TPSA) is 184 Å². The van der Waals surface area contributed by atoms with E-state index in [0.717, 1.165) is 16.7 Å². The maximum Gasteiger partial charge on any atom is 0.365 e. The molecule has 1 spiro atoms. The number of nitrogens with zero attached hydrogens (tertiary/aromatic N) is 3. The summed E-state index contributed by atoms with van der Waals surface area (Å²) in [6, 6.07) is 39.5. The van der Waals surface area contributed by atoms with Gasteiger partial charge in [-0.05, 0) is 78.8 Å². The van der Waals surface area contributed by atoms with Gasteiger partial charge in [0.1, 0.15) is 23.8 Å². The van der Waals surface area contributed by atoms with Crippen molar-refractivity contribution in [2.24, 2.45) is 10.7 Å². The van der Waals surface area contributed by atoms with Crippen LogP contribution in [-0.2, 0) is 35.2 Å². The van der Waals surface area contributed by atoms with Gasteiger partial charge in [-0.25, -0.2) is 4.79 Å². The molecular formula is C46H52N5O7P. The third kappa shape index (κ3) is 9.54. The number of hydrogen-bond acceptors (Lipinski definition) is 8. The van der Waals surface area contributed by atoms with Gasteiger partial charge in [0.2, 0.25) is 0 Å². The van der Waals surface area contributed by atoms with E-state index >= 15 is 4.79 Å². The molecule has 2 aliphatic rings. The highest BCUT2D eigenvalue weighted by Crippen LogP contribution is 2.60. The fraction of sp³-hybridized carbons (Fsp3) is 0.304. The molecule has 59 heavy (non-hydrogen) atoms. The van der Waals surface area contributed by atoms with Crippen LogP contribution in [0.2, 0.25) is 0 Å². The predicted octanol–water partition coefficient (Wildman–Crippen LogP) is 6.82. The summed E-state index contributed by atoms with van der Waals surface area (Å²) < 4.78 is 24.1. The van der Waals surface area contributed by atoms with Gasteiger partial charge in [-0.15, -0.1) is 0 Å². The lowest BCUT2D eigenvalue weighted by atomic mass is 9.90. The SMILES string of the molecule is CC(C)N=C(N)c1cc(CN2C(=O)N(Cc3cccc(OCP(=O)(O)OCc4ccccc4)c3)C3(CC3c3ccccc3)[C@H](O)[C@@H](O)[C@H]2Cc2ccccc2)ccc1N. The van der Waals surface area contributed by atoms with E-state index in [1.807, 2.05) is 111 Å². The molecule has 1 saturated carbocycles. The summed E-state index contributed by atoms with van der Waals surface area (Å²) in [7, 11) is -4.13. The first-order chi connectivity index (χ1) is 28.3. The number of carbonyl (C=O) groups is 1. The van der Waals surface area contributed by atoms with Crippen LogP contribution in [0.5, 0.6) is 5.75 Å². The molecule has 0 bridgehead atoms. The lowest BCUT2D eigenvalue weighted by molar-refractivity contribution is -0.0502. The van der Waals surface area contributed by atoms with E-state index in [0.29, 0.717) is 34.5 Å². The third-order valence-corrected chi connectivity index (χ3v) is 12.1. The number of nitrogens with two attached hydrogens (primary N) is 2. The Labute approximate surface area is 345 Å². The summed E-state index contributed by atoms with van der Waals surface area (Å²) in [5.41, 5.74) is 16.6. The molecule has 3 unspecified atom stereocenters. The first kappa shape index (κ1) is 41.7. The van der Waals surface area contributed by atoms with Crippen molar-refractivity contribution < 1.29 is 33.7 Å². The maximum absolute atomic E-state index is 15.5. The summed E-state index contributed by atoms with van der Waals surface area (Å²) in [4.78, 5) is 33.9. The number of aliphatic hydroxyl groups excluding tert-OH is 2. The van der Waals surface area contributed by atoms with Crippen LogP contribution in [0.1, 0.15) is 59.6 Å². The van der Waals surface area contributed by atoms with Crippen LogP contribution < -0.4 is 16.2 Å². The molecule has 308 valence electrons. The van der Waals surface area contributed by atoms with Gasteiger partial charge in [-0.1, -0.05) is 109 Å². The zero-order valence-corrected chi connectivity index (χ0v) is 34.1. The lowest BCUT2D eigenvalue weighted by Gasteiger charge is -2.37. The largest absolute Gasteiger partial charge is 0.481 e. The number of hydrogen-bond donors (Lipinski definition) is 5. The van der Waals surface area contributed by atoms with Gasteiger partial charge in [0.15, 0.2) is 6.35 Å². The molecule has 0 aromatic heterocycles. The van der Waals surface area contributed by atoms with Gasteiger partial charge in [0.25, 0.3) is 0 Å². The monoisotopic (exact) mass is 817 g/mol. The molecule has 12 nitrogen and oxygen atoms in total. The molecule has 1 heterocycles. The number of rotatable bonds is 15. The van der Waals surface area contributed by atoms with Crippen molar-refractivity contribution in [3.63, 3.8) is 0 Å². The normalized spacial score (nSPS) is 22.9. The van der Waals surface area contributed by atoms with Crippen molar-refractivity contribution in [2.45, 2.75) is 82.1 Å². The fourth-order valence-electron chi connectivity index (χ4n) is 8.12. The standard InChI is InChI=1S/C46H52N5O7P/c1-31(2)49-44(48)38-24-35(21-22-40(38)47)27-50-41(25-32-13-6-3-7-14-32)42(52)43(53)46(26-39(46)36-18-10-5-11-19-36)51(45(50)54)28-34-17-12-20-37(23-34)57-30-59(55,56)58-29-33-15-8-4-9-16-33/h3-24,31,39,41-43,52-53H,25-30,47H2,1-2H3,(H2,48,49)(H,55,56)/t39?,41-,42+,43-,46?/m1/s1. The minimum absolute atomic E-state index is 0.0416. The highest BCUT2D eigenvalue weighted by Gasteiger charge is 2.68. The maximum atomic E-state index is 15.5. The van der Waals surface area contributed by atoms with E-state index in [-0.39, 0.29) is 49.9 Å². The van der Waals surface area contributed by atoms with Crippen LogP contribution in [0.4, 0.5) is 10.5 Å². The highest BCUT2D eigenvalue weighted by molar-refractivity contribution is 7.52. The Hall–Kier alpha value is -5.49. The Kier molecular flexibility index (Phi) is 12.6. The Morgan fingerprint density at radius 1 is 0.847 bits per heavy atom. The molecule has 6 atom stereocenters. The van der Waals surface area contributed by atoms with Crippen LogP contribution in [0.25, 0.3) is 0 Å². The van der Waals surface area contributed by atoms with Crippen LogP contribution in [0, 0.1) is 0 Å². The quantitative estimate of drug-likeness (QED) is 0.0328. The molecule has 1 aliphatic carbocycles. The van der Waals surface area contributed by atoms with Gasteiger partial charge in [-0.3, -0.25) is 9.56 Å². The molecule has 0 radical (unpaired) electrons. The van der Waals surface area contributed by atoms with E-state index in [1.54, 1.807) is 46.2 Å². The second kappa shape index (κ2) is 17.8. The van der Waals surface area contributed by atoms with Crippen molar-refractivity contribution in [1.29, 1.82) is 0 Å². The molecule has 13 heteroatoms. The molecule has 5 aromatic rings. The first-order valence-corrected chi connectivity index (χ1v) is 21.6. The average molecular weight is 818 g/mol. The number of benzene rings is 5. The van der Waals surface area contributed by atoms with E-state index < -0.39 is 37.7 Å². The minimum atomic E-state index is -4.13. The second-order valence-electron chi connectivity index (χ2n) is 15.7. The third-order valence-electron chi connectivity index (χ3n) is 11.1. The van der Waals surface area contributed by atoms with Crippen molar-refractivity contribution in [3.8, 4) is 5.75 Å². The van der Waals surface area contributed by atoms with Crippen molar-refractivity contribution in [2.75, 3.05) is 12.1 Å². The van der Waals surface area contributed by atoms with Gasteiger partial charge < -0.3 is 45.6 Å². The van der Waals surface area contributed by atoms with Gasteiger partial charge in [0.05, 0.1) is 18.2 Å². The average Bonchev–Trinajstić information content (AvgIpc) is 4.00. The number of carbonyl (C=O) groups excluding carboxylic acids is 1. The van der Waals surface area contributed by atoms with E-state index in [1.165, 1.54) is 0 Å². The zero-order chi connectivity index (χ0) is 41.7. The number of anilines is 1. The Bertz CT molecular complexity index is 2300. The first-order valence-electron chi connectivity index (χ1n) is 19.8. The smallest absolute Gasteiger partial charge is 0.365 e. The Balaban J connectivity index is 1.24. The summed E-state index contributed by atoms with van der Waals surface area (Å²) in [5.74, 6) is 0.317. The molecule has 5 aromatic carbocycles. The van der Waals surface area contributed by atoms with E-state index in [4.69, 9.17) is 20.7 Å². The molecule has 7 N–H and O–H groups in total. The molecule has 2 amide bonds. The van der Waals surface area contributed by atoms with E-state index in [2.05, 4.69) is 4.99 Å².